The third kappa shape index (κ3) is 4.15. The fraction of sp³-hybridized carbons (Fsp3) is 0.316. The van der Waals surface area contributed by atoms with Crippen LogP contribution >= 0.6 is 0 Å². The average molecular weight is 340 g/mol. The number of amides is 1. The van der Waals surface area contributed by atoms with E-state index in [0.717, 1.165) is 12.8 Å². The zero-order valence-corrected chi connectivity index (χ0v) is 14.0. The van der Waals surface area contributed by atoms with Gasteiger partial charge in [-0.1, -0.05) is 12.1 Å². The molecule has 1 amide bonds. The van der Waals surface area contributed by atoms with Crippen molar-refractivity contribution in [2.24, 2.45) is 0 Å². The zero-order chi connectivity index (χ0) is 17.8. The molecule has 1 aliphatic carbocycles. The summed E-state index contributed by atoms with van der Waals surface area (Å²) < 4.78 is 5.75. The van der Waals surface area contributed by atoms with Crippen molar-refractivity contribution in [2.75, 3.05) is 5.32 Å². The van der Waals surface area contributed by atoms with Gasteiger partial charge >= 0.3 is 0 Å². The number of ether oxygens (including phenoxy) is 1. The lowest BCUT2D eigenvalue weighted by Gasteiger charge is -2.19. The standard InChI is InChI=1S/C19H20N2O4/c1-13(19(22)20-16-7-4-8-17(12-16)21(23)24)25-18-10-9-14-5-2-3-6-15(14)11-18/h4,7-13H,2-3,5-6H2,1H3,(H,20,22)/t13-/m1/s1. The molecule has 25 heavy (non-hydrogen) atoms. The molecule has 2 aromatic rings. The Morgan fingerprint density at radius 1 is 1.16 bits per heavy atom. The number of non-ortho nitro benzene ring substituents is 1. The molecular weight excluding hydrogens is 320 g/mol. The fourth-order valence-corrected chi connectivity index (χ4v) is 2.98. The SMILES string of the molecule is C[C@@H](Oc1ccc2c(c1)CCCC2)C(=O)Nc1cccc([N+](=O)[O-])c1. The molecule has 1 aliphatic rings. The number of hydrogen-bond acceptors (Lipinski definition) is 4. The summed E-state index contributed by atoms with van der Waals surface area (Å²) in [5.41, 5.74) is 2.95. The third-order valence-corrected chi connectivity index (χ3v) is 4.33. The van der Waals surface area contributed by atoms with Gasteiger partial charge in [0.25, 0.3) is 11.6 Å². The van der Waals surface area contributed by atoms with Gasteiger partial charge in [0.2, 0.25) is 0 Å². The van der Waals surface area contributed by atoms with E-state index >= 15 is 0 Å². The summed E-state index contributed by atoms with van der Waals surface area (Å²) in [5.74, 6) is 0.320. The van der Waals surface area contributed by atoms with Crippen LogP contribution in [0.15, 0.2) is 42.5 Å². The number of benzene rings is 2. The monoisotopic (exact) mass is 340 g/mol. The molecular formula is C19H20N2O4. The Kier molecular flexibility index (Phi) is 4.97. The highest BCUT2D eigenvalue weighted by Crippen LogP contribution is 2.26. The Labute approximate surface area is 146 Å². The highest BCUT2D eigenvalue weighted by Gasteiger charge is 2.17. The van der Waals surface area contributed by atoms with E-state index in [-0.39, 0.29) is 11.6 Å². The number of aryl methyl sites for hydroxylation is 2. The van der Waals surface area contributed by atoms with Crippen LogP contribution in [0.2, 0.25) is 0 Å². The number of carbonyl (C=O) groups is 1. The van der Waals surface area contributed by atoms with Crippen LogP contribution in [0.4, 0.5) is 11.4 Å². The highest BCUT2D eigenvalue weighted by atomic mass is 16.6. The summed E-state index contributed by atoms with van der Waals surface area (Å²) in [4.78, 5) is 22.6. The predicted octanol–water partition coefficient (Wildman–Crippen LogP) is 3.88. The molecule has 0 unspecified atom stereocenters. The van der Waals surface area contributed by atoms with Crippen LogP contribution in [0.5, 0.6) is 5.75 Å². The van der Waals surface area contributed by atoms with Crippen LogP contribution in [0.1, 0.15) is 30.9 Å². The van der Waals surface area contributed by atoms with E-state index in [1.54, 1.807) is 13.0 Å². The fourth-order valence-electron chi connectivity index (χ4n) is 2.98. The van der Waals surface area contributed by atoms with Crippen molar-refractivity contribution in [3.8, 4) is 5.75 Å². The maximum atomic E-state index is 12.3. The number of nitro benzene ring substituents is 1. The Bertz CT molecular complexity index is 804. The van der Waals surface area contributed by atoms with Gasteiger partial charge in [0, 0.05) is 17.8 Å². The molecule has 0 saturated heterocycles. The molecule has 0 bridgehead atoms. The minimum atomic E-state index is -0.707. The lowest BCUT2D eigenvalue weighted by atomic mass is 9.92. The minimum absolute atomic E-state index is 0.0685. The topological polar surface area (TPSA) is 81.5 Å². The van der Waals surface area contributed by atoms with Gasteiger partial charge in [-0.05, 0) is 61.9 Å². The first kappa shape index (κ1) is 17.0. The van der Waals surface area contributed by atoms with E-state index in [4.69, 9.17) is 4.74 Å². The van der Waals surface area contributed by atoms with Crippen molar-refractivity contribution in [1.82, 2.24) is 0 Å². The normalized spacial score (nSPS) is 14.3. The van der Waals surface area contributed by atoms with Crippen LogP contribution < -0.4 is 10.1 Å². The van der Waals surface area contributed by atoms with E-state index in [9.17, 15) is 14.9 Å². The van der Waals surface area contributed by atoms with Gasteiger partial charge in [0.1, 0.15) is 5.75 Å². The van der Waals surface area contributed by atoms with Gasteiger partial charge < -0.3 is 10.1 Å². The average Bonchev–Trinajstić information content (AvgIpc) is 2.61. The number of hydrogen-bond donors (Lipinski definition) is 1. The number of nitro groups is 1. The van der Waals surface area contributed by atoms with E-state index in [0.29, 0.717) is 11.4 Å². The number of anilines is 1. The van der Waals surface area contributed by atoms with E-state index in [2.05, 4.69) is 11.4 Å². The first-order valence-electron chi connectivity index (χ1n) is 8.37. The first-order valence-corrected chi connectivity index (χ1v) is 8.37. The van der Waals surface area contributed by atoms with Crippen LogP contribution in [-0.4, -0.2) is 16.9 Å². The van der Waals surface area contributed by atoms with Crippen molar-refractivity contribution < 1.29 is 14.5 Å². The molecule has 2 aromatic carbocycles. The van der Waals surface area contributed by atoms with Gasteiger partial charge in [-0.25, -0.2) is 0 Å². The molecule has 6 nitrogen and oxygen atoms in total. The maximum Gasteiger partial charge on any atom is 0.271 e. The molecule has 0 aliphatic heterocycles. The number of carbonyl (C=O) groups excluding carboxylic acids is 1. The first-order chi connectivity index (χ1) is 12.0. The third-order valence-electron chi connectivity index (χ3n) is 4.33. The molecule has 6 heteroatoms. The summed E-state index contributed by atoms with van der Waals surface area (Å²) in [6.07, 6.45) is 3.83. The smallest absolute Gasteiger partial charge is 0.271 e. The maximum absolute atomic E-state index is 12.3. The van der Waals surface area contributed by atoms with Crippen molar-refractivity contribution in [3.63, 3.8) is 0 Å². The molecule has 130 valence electrons. The summed E-state index contributed by atoms with van der Waals surface area (Å²) >= 11 is 0. The summed E-state index contributed by atoms with van der Waals surface area (Å²) in [6, 6.07) is 11.8. The van der Waals surface area contributed by atoms with Crippen molar-refractivity contribution >= 4 is 17.3 Å². The molecule has 0 fully saturated rings. The molecule has 0 spiro atoms. The Morgan fingerprint density at radius 3 is 2.68 bits per heavy atom. The predicted molar refractivity (Wildman–Crippen MR) is 94.9 cm³/mol. The Hall–Kier alpha value is -2.89. The second-order valence-corrected chi connectivity index (χ2v) is 6.19. The minimum Gasteiger partial charge on any atom is -0.481 e. The molecule has 0 aromatic heterocycles. The molecule has 1 N–H and O–H groups in total. The van der Waals surface area contributed by atoms with Gasteiger partial charge in [0.05, 0.1) is 4.92 Å². The quantitative estimate of drug-likeness (QED) is 0.661. The van der Waals surface area contributed by atoms with E-state index < -0.39 is 11.0 Å². The van der Waals surface area contributed by atoms with Crippen LogP contribution in [0.3, 0.4) is 0 Å². The Balaban J connectivity index is 1.64. The van der Waals surface area contributed by atoms with Crippen molar-refractivity contribution in [1.29, 1.82) is 0 Å². The molecule has 1 atom stereocenters. The lowest BCUT2D eigenvalue weighted by Crippen LogP contribution is -2.30. The van der Waals surface area contributed by atoms with Crippen LogP contribution in [-0.2, 0) is 17.6 Å². The second kappa shape index (κ2) is 7.34. The number of fused-ring (bicyclic) bond motifs is 1. The lowest BCUT2D eigenvalue weighted by molar-refractivity contribution is -0.384. The number of nitrogens with one attached hydrogen (secondary N) is 1. The highest BCUT2D eigenvalue weighted by molar-refractivity contribution is 5.94. The molecule has 0 heterocycles. The number of rotatable bonds is 5. The summed E-state index contributed by atoms with van der Waals surface area (Å²) in [7, 11) is 0. The molecule has 0 saturated carbocycles. The molecule has 3 rings (SSSR count). The van der Waals surface area contributed by atoms with Crippen molar-refractivity contribution in [2.45, 2.75) is 38.7 Å². The summed E-state index contributed by atoms with van der Waals surface area (Å²) in [6.45, 7) is 1.66. The van der Waals surface area contributed by atoms with Gasteiger partial charge in [-0.15, -0.1) is 0 Å². The van der Waals surface area contributed by atoms with E-state index in [1.165, 1.54) is 42.2 Å². The largest absolute Gasteiger partial charge is 0.481 e. The summed E-state index contributed by atoms with van der Waals surface area (Å²) in [5, 5.41) is 13.5. The van der Waals surface area contributed by atoms with Crippen molar-refractivity contribution in [3.05, 3.63) is 63.7 Å². The van der Waals surface area contributed by atoms with E-state index in [1.807, 2.05) is 12.1 Å². The van der Waals surface area contributed by atoms with Gasteiger partial charge in [-0.3, -0.25) is 14.9 Å². The second-order valence-electron chi connectivity index (χ2n) is 6.19. The van der Waals surface area contributed by atoms with Crippen LogP contribution in [0, 0.1) is 10.1 Å². The van der Waals surface area contributed by atoms with Gasteiger partial charge in [0.15, 0.2) is 6.10 Å². The Morgan fingerprint density at radius 2 is 1.92 bits per heavy atom. The number of nitrogens with zero attached hydrogens (tertiary/aromatic N) is 1. The molecule has 0 radical (unpaired) electrons. The van der Waals surface area contributed by atoms with Crippen LogP contribution in [0.25, 0.3) is 0 Å². The van der Waals surface area contributed by atoms with Gasteiger partial charge in [-0.2, -0.15) is 0 Å². The zero-order valence-electron chi connectivity index (χ0n) is 14.0.